The van der Waals surface area contributed by atoms with Crippen molar-refractivity contribution < 1.29 is 4.92 Å². The van der Waals surface area contributed by atoms with Crippen LogP contribution >= 0.6 is 0 Å². The number of hydrogen-bond acceptors (Lipinski definition) is 4. The van der Waals surface area contributed by atoms with E-state index in [2.05, 4.69) is 4.98 Å². The average molecular weight is 260 g/mol. The highest BCUT2D eigenvalue weighted by Crippen LogP contribution is 2.22. The van der Waals surface area contributed by atoms with Crippen molar-refractivity contribution in [3.8, 4) is 0 Å². The van der Waals surface area contributed by atoms with E-state index in [1.807, 2.05) is 10.6 Å². The van der Waals surface area contributed by atoms with Gasteiger partial charge < -0.3 is 10.3 Å². The molecule has 6 nitrogen and oxygen atoms in total. The Morgan fingerprint density at radius 1 is 1.47 bits per heavy atom. The zero-order valence-corrected chi connectivity index (χ0v) is 10.7. The quantitative estimate of drug-likeness (QED) is 0.654. The molecule has 0 unspecified atom stereocenters. The molecule has 0 aliphatic rings. The van der Waals surface area contributed by atoms with E-state index in [1.54, 1.807) is 25.5 Å². The summed E-state index contributed by atoms with van der Waals surface area (Å²) >= 11 is 0. The molecule has 19 heavy (non-hydrogen) atoms. The molecule has 2 rings (SSSR count). The minimum absolute atomic E-state index is 0.151. The topological polar surface area (TPSA) is 87.0 Å². The second kappa shape index (κ2) is 5.62. The normalized spacial score (nSPS) is 10.6. The molecule has 0 amide bonds. The van der Waals surface area contributed by atoms with E-state index in [-0.39, 0.29) is 10.6 Å². The number of aromatic nitrogens is 2. The van der Waals surface area contributed by atoms with Crippen LogP contribution in [0.1, 0.15) is 16.8 Å². The number of nitro benzene ring substituents is 1. The van der Waals surface area contributed by atoms with E-state index in [0.717, 1.165) is 17.7 Å². The Labute approximate surface area is 111 Å². The molecule has 2 aromatic rings. The summed E-state index contributed by atoms with van der Waals surface area (Å²) in [6, 6.07) is 5.13. The highest BCUT2D eigenvalue weighted by atomic mass is 16.6. The lowest BCUT2D eigenvalue weighted by Gasteiger charge is -2.10. The summed E-state index contributed by atoms with van der Waals surface area (Å²) in [5.41, 5.74) is 8.35. The molecule has 100 valence electrons. The fraction of sp³-hybridized carbons (Fsp3) is 0.308. The number of imidazole rings is 1. The Bertz CT molecular complexity index is 592. The van der Waals surface area contributed by atoms with E-state index >= 15 is 0 Å². The third-order valence-corrected chi connectivity index (χ3v) is 3.15. The lowest BCUT2D eigenvalue weighted by atomic mass is 10.1. The second-order valence-corrected chi connectivity index (χ2v) is 4.37. The molecule has 1 aromatic carbocycles. The third kappa shape index (κ3) is 2.79. The SMILES string of the molecule is Cc1c(Cn2cncc2CCN)cccc1[N+](=O)[O-]. The summed E-state index contributed by atoms with van der Waals surface area (Å²) in [5.74, 6) is 0. The summed E-state index contributed by atoms with van der Waals surface area (Å²) in [7, 11) is 0. The molecular formula is C13H16N4O2. The fourth-order valence-corrected chi connectivity index (χ4v) is 2.07. The number of nitrogens with two attached hydrogens (primary N) is 1. The van der Waals surface area contributed by atoms with Gasteiger partial charge in [-0.25, -0.2) is 4.98 Å². The molecule has 2 N–H and O–H groups in total. The number of hydrogen-bond donors (Lipinski definition) is 1. The number of nitro groups is 1. The molecule has 0 spiro atoms. The van der Waals surface area contributed by atoms with Crippen molar-refractivity contribution in [3.63, 3.8) is 0 Å². The summed E-state index contributed by atoms with van der Waals surface area (Å²) in [6.07, 6.45) is 4.25. The van der Waals surface area contributed by atoms with E-state index in [1.165, 1.54) is 6.07 Å². The van der Waals surface area contributed by atoms with Gasteiger partial charge >= 0.3 is 0 Å². The maximum atomic E-state index is 10.9. The van der Waals surface area contributed by atoms with E-state index in [4.69, 9.17) is 5.73 Å². The maximum Gasteiger partial charge on any atom is 0.272 e. The van der Waals surface area contributed by atoms with Gasteiger partial charge in [-0.3, -0.25) is 10.1 Å². The fourth-order valence-electron chi connectivity index (χ4n) is 2.07. The first kappa shape index (κ1) is 13.2. The van der Waals surface area contributed by atoms with Crippen molar-refractivity contribution >= 4 is 5.69 Å². The van der Waals surface area contributed by atoms with Gasteiger partial charge in [0.1, 0.15) is 0 Å². The number of rotatable bonds is 5. The van der Waals surface area contributed by atoms with Gasteiger partial charge in [0.05, 0.1) is 11.3 Å². The molecule has 0 saturated carbocycles. The summed E-state index contributed by atoms with van der Waals surface area (Å²) in [4.78, 5) is 14.7. The van der Waals surface area contributed by atoms with Crippen molar-refractivity contribution in [1.82, 2.24) is 9.55 Å². The second-order valence-electron chi connectivity index (χ2n) is 4.37. The van der Waals surface area contributed by atoms with Gasteiger partial charge in [0, 0.05) is 36.5 Å². The van der Waals surface area contributed by atoms with E-state index in [0.29, 0.717) is 18.7 Å². The van der Waals surface area contributed by atoms with Crippen molar-refractivity contribution in [3.05, 3.63) is 57.7 Å². The van der Waals surface area contributed by atoms with Gasteiger partial charge in [-0.15, -0.1) is 0 Å². The maximum absolute atomic E-state index is 10.9. The van der Waals surface area contributed by atoms with Crippen LogP contribution in [0.2, 0.25) is 0 Å². The Kier molecular flexibility index (Phi) is 3.91. The van der Waals surface area contributed by atoms with Crippen LogP contribution in [0.25, 0.3) is 0 Å². The molecule has 1 heterocycles. The lowest BCUT2D eigenvalue weighted by Crippen LogP contribution is -2.10. The first-order chi connectivity index (χ1) is 9.13. The van der Waals surface area contributed by atoms with Crippen LogP contribution < -0.4 is 5.73 Å². The van der Waals surface area contributed by atoms with Crippen LogP contribution in [0, 0.1) is 17.0 Å². The zero-order chi connectivity index (χ0) is 13.8. The van der Waals surface area contributed by atoms with Crippen LogP contribution in [0.3, 0.4) is 0 Å². The molecule has 0 fully saturated rings. The van der Waals surface area contributed by atoms with Crippen LogP contribution in [0.15, 0.2) is 30.7 Å². The van der Waals surface area contributed by atoms with Gasteiger partial charge in [-0.05, 0) is 19.0 Å². The molecule has 0 atom stereocenters. The average Bonchev–Trinajstić information content (AvgIpc) is 2.79. The standard InChI is InChI=1S/C13H16N4O2/c1-10-11(3-2-4-13(10)17(18)19)8-16-9-15-7-12(16)5-6-14/h2-4,7,9H,5-6,8,14H2,1H3. The smallest absolute Gasteiger partial charge is 0.272 e. The van der Waals surface area contributed by atoms with Crippen LogP contribution in [-0.2, 0) is 13.0 Å². The minimum Gasteiger partial charge on any atom is -0.330 e. The Hall–Kier alpha value is -2.21. The summed E-state index contributed by atoms with van der Waals surface area (Å²) in [5, 5.41) is 10.9. The minimum atomic E-state index is -0.354. The van der Waals surface area contributed by atoms with Crippen LogP contribution in [0.5, 0.6) is 0 Å². The van der Waals surface area contributed by atoms with Crippen molar-refractivity contribution in [2.75, 3.05) is 6.54 Å². The van der Waals surface area contributed by atoms with E-state index in [9.17, 15) is 10.1 Å². The van der Waals surface area contributed by atoms with Crippen molar-refractivity contribution in [2.45, 2.75) is 19.9 Å². The molecule has 0 aliphatic carbocycles. The van der Waals surface area contributed by atoms with Gasteiger partial charge in [-0.2, -0.15) is 0 Å². The van der Waals surface area contributed by atoms with Crippen LogP contribution in [0.4, 0.5) is 5.69 Å². The molecule has 1 aromatic heterocycles. The third-order valence-electron chi connectivity index (χ3n) is 3.15. The van der Waals surface area contributed by atoms with Crippen LogP contribution in [-0.4, -0.2) is 21.0 Å². The Balaban J connectivity index is 2.31. The number of nitrogens with zero attached hydrogens (tertiary/aromatic N) is 3. The highest BCUT2D eigenvalue weighted by Gasteiger charge is 2.13. The Morgan fingerprint density at radius 3 is 2.95 bits per heavy atom. The first-order valence-electron chi connectivity index (χ1n) is 6.05. The molecule has 0 radical (unpaired) electrons. The Morgan fingerprint density at radius 2 is 2.26 bits per heavy atom. The molecule has 0 saturated heterocycles. The predicted molar refractivity (Wildman–Crippen MR) is 71.9 cm³/mol. The summed E-state index contributed by atoms with van der Waals surface area (Å²) in [6.45, 7) is 2.90. The zero-order valence-electron chi connectivity index (χ0n) is 10.7. The van der Waals surface area contributed by atoms with Gasteiger partial charge in [0.15, 0.2) is 0 Å². The monoisotopic (exact) mass is 260 g/mol. The van der Waals surface area contributed by atoms with Crippen molar-refractivity contribution in [2.24, 2.45) is 5.73 Å². The van der Waals surface area contributed by atoms with Gasteiger partial charge in [-0.1, -0.05) is 12.1 Å². The lowest BCUT2D eigenvalue weighted by molar-refractivity contribution is -0.385. The predicted octanol–water partition coefficient (Wildman–Crippen LogP) is 1.65. The van der Waals surface area contributed by atoms with Gasteiger partial charge in [0.2, 0.25) is 0 Å². The molecule has 6 heteroatoms. The highest BCUT2D eigenvalue weighted by molar-refractivity contribution is 5.44. The molecule has 0 aliphatic heterocycles. The summed E-state index contributed by atoms with van der Waals surface area (Å²) < 4.78 is 1.97. The largest absolute Gasteiger partial charge is 0.330 e. The molecular weight excluding hydrogens is 244 g/mol. The number of benzene rings is 1. The van der Waals surface area contributed by atoms with Crippen molar-refractivity contribution in [1.29, 1.82) is 0 Å². The van der Waals surface area contributed by atoms with Gasteiger partial charge in [0.25, 0.3) is 5.69 Å². The van der Waals surface area contributed by atoms with E-state index < -0.39 is 0 Å². The molecule has 0 bridgehead atoms. The first-order valence-corrected chi connectivity index (χ1v) is 6.05.